The average molecular weight is 515 g/mol. The summed E-state index contributed by atoms with van der Waals surface area (Å²) in [6.45, 7) is 13.0. The number of carbonyl (C=O) groups excluding carboxylic acids is 1. The molecule has 0 spiro atoms. The van der Waals surface area contributed by atoms with E-state index in [2.05, 4.69) is 32.1 Å². The van der Waals surface area contributed by atoms with Crippen molar-refractivity contribution < 1.29 is 9.53 Å². The van der Waals surface area contributed by atoms with Gasteiger partial charge in [0.25, 0.3) is 11.5 Å². The summed E-state index contributed by atoms with van der Waals surface area (Å²) in [6.07, 6.45) is 6.31. The maximum absolute atomic E-state index is 12.8. The Morgan fingerprint density at radius 1 is 1.13 bits per heavy atom. The Morgan fingerprint density at radius 2 is 1.82 bits per heavy atom. The van der Waals surface area contributed by atoms with E-state index in [1.807, 2.05) is 45.0 Å². The Bertz CT molecular complexity index is 1400. The fraction of sp³-hybridized carbons (Fsp3) is 0.276. The number of benzene rings is 1. The number of carbonyl (C=O) groups is 1. The van der Waals surface area contributed by atoms with Crippen molar-refractivity contribution in [2.45, 2.75) is 26.3 Å². The number of aromatic amines is 1. The molecule has 0 radical (unpaired) electrons. The second-order valence-electron chi connectivity index (χ2n) is 10.2. The summed E-state index contributed by atoms with van der Waals surface area (Å²) in [6, 6.07) is 11.4. The third-order valence-corrected chi connectivity index (χ3v) is 5.97. The number of pyridine rings is 2. The number of hydrogen-bond acceptors (Lipinski definition) is 7. The van der Waals surface area contributed by atoms with E-state index in [0.29, 0.717) is 33.6 Å². The Kier molecular flexibility index (Phi) is 7.97. The standard InChI is InChI=1S/C29H34N6O3/c1-19(33-23-5-7-24(8-6-23)35-11-13-38-14-12-35)26-20(9-10-32-28(26)37)16-25(30)21-15-22(18-31-17-21)27(36)34-29(2,3)4/h5-10,15-18,33H,1,11-14,30H2,2-4H3,(H,32,37)(H,34,36)/b25-16-. The quantitative estimate of drug-likeness (QED) is 0.379. The number of nitrogens with zero attached hydrogens (tertiary/aromatic N) is 2. The molecule has 0 unspecified atom stereocenters. The van der Waals surface area contributed by atoms with Crippen LogP contribution in [0.15, 0.2) is 66.4 Å². The minimum atomic E-state index is -0.384. The highest BCUT2D eigenvalue weighted by atomic mass is 16.5. The lowest BCUT2D eigenvalue weighted by molar-refractivity contribution is 0.0919. The normalized spacial score (nSPS) is 14.2. The van der Waals surface area contributed by atoms with Crippen LogP contribution in [0.25, 0.3) is 17.5 Å². The number of aromatic nitrogens is 2. The van der Waals surface area contributed by atoms with E-state index in [0.717, 1.165) is 37.7 Å². The Hall–Kier alpha value is -4.37. The molecule has 3 heterocycles. The molecule has 1 aliphatic heterocycles. The smallest absolute Gasteiger partial charge is 0.257 e. The third kappa shape index (κ3) is 6.68. The summed E-state index contributed by atoms with van der Waals surface area (Å²) in [4.78, 5) is 34.6. The Morgan fingerprint density at radius 3 is 2.50 bits per heavy atom. The summed E-state index contributed by atoms with van der Waals surface area (Å²) >= 11 is 0. The van der Waals surface area contributed by atoms with Gasteiger partial charge in [0, 0.05) is 65.6 Å². The molecule has 1 amide bonds. The molecule has 1 saturated heterocycles. The number of amides is 1. The van der Waals surface area contributed by atoms with E-state index < -0.39 is 0 Å². The molecule has 0 bridgehead atoms. The predicted octanol–water partition coefficient (Wildman–Crippen LogP) is 3.67. The molecule has 0 saturated carbocycles. The van der Waals surface area contributed by atoms with Crippen LogP contribution in [0.1, 0.15) is 47.8 Å². The first-order valence-electron chi connectivity index (χ1n) is 12.5. The highest BCUT2D eigenvalue weighted by Crippen LogP contribution is 2.24. The summed E-state index contributed by atoms with van der Waals surface area (Å²) in [5.41, 5.74) is 10.3. The molecule has 4 rings (SSSR count). The number of nitrogens with one attached hydrogen (secondary N) is 3. The highest BCUT2D eigenvalue weighted by Gasteiger charge is 2.17. The van der Waals surface area contributed by atoms with Crippen molar-refractivity contribution in [2.24, 2.45) is 5.73 Å². The zero-order valence-electron chi connectivity index (χ0n) is 22.0. The summed E-state index contributed by atoms with van der Waals surface area (Å²) < 4.78 is 5.43. The summed E-state index contributed by atoms with van der Waals surface area (Å²) in [5.74, 6) is -0.242. The van der Waals surface area contributed by atoms with Gasteiger partial charge in [-0.05, 0) is 68.8 Å². The topological polar surface area (TPSA) is 125 Å². The van der Waals surface area contributed by atoms with Gasteiger partial charge in [-0.3, -0.25) is 14.6 Å². The van der Waals surface area contributed by atoms with E-state index in [-0.39, 0.29) is 17.0 Å². The second kappa shape index (κ2) is 11.4. The molecule has 9 heteroatoms. The first-order chi connectivity index (χ1) is 18.1. The molecule has 1 aromatic carbocycles. The molecule has 0 aliphatic carbocycles. The molecular weight excluding hydrogens is 480 g/mol. The molecule has 5 N–H and O–H groups in total. The molecule has 0 atom stereocenters. The molecule has 1 fully saturated rings. The fourth-order valence-electron chi connectivity index (χ4n) is 4.12. The van der Waals surface area contributed by atoms with Crippen LogP contribution in [0, 0.1) is 0 Å². The number of nitrogens with two attached hydrogens (primary N) is 1. The van der Waals surface area contributed by atoms with E-state index in [1.165, 1.54) is 6.20 Å². The predicted molar refractivity (Wildman–Crippen MR) is 153 cm³/mol. The van der Waals surface area contributed by atoms with Crippen LogP contribution in [0.2, 0.25) is 0 Å². The maximum Gasteiger partial charge on any atom is 0.257 e. The van der Waals surface area contributed by atoms with Crippen molar-refractivity contribution in [2.75, 3.05) is 36.5 Å². The first kappa shape index (κ1) is 26.7. The number of H-pyrrole nitrogens is 1. The van der Waals surface area contributed by atoms with Gasteiger partial charge in [-0.25, -0.2) is 0 Å². The fourth-order valence-corrected chi connectivity index (χ4v) is 4.12. The summed E-state index contributed by atoms with van der Waals surface area (Å²) in [5, 5.41) is 6.15. The lowest BCUT2D eigenvalue weighted by Crippen LogP contribution is -2.40. The molecule has 2 aromatic heterocycles. The second-order valence-corrected chi connectivity index (χ2v) is 10.2. The molecule has 198 valence electrons. The minimum absolute atomic E-state index is 0.242. The van der Waals surface area contributed by atoms with Crippen molar-refractivity contribution in [3.05, 3.63) is 94.2 Å². The summed E-state index contributed by atoms with van der Waals surface area (Å²) in [7, 11) is 0. The molecular formula is C29H34N6O3. The average Bonchev–Trinajstić information content (AvgIpc) is 2.89. The molecule has 1 aliphatic rings. The van der Waals surface area contributed by atoms with Crippen LogP contribution >= 0.6 is 0 Å². The third-order valence-electron chi connectivity index (χ3n) is 5.97. The van der Waals surface area contributed by atoms with Crippen molar-refractivity contribution >= 4 is 34.8 Å². The van der Waals surface area contributed by atoms with Crippen molar-refractivity contribution in [1.82, 2.24) is 15.3 Å². The van der Waals surface area contributed by atoms with Gasteiger partial charge in [0.2, 0.25) is 0 Å². The maximum atomic E-state index is 12.8. The van der Waals surface area contributed by atoms with Crippen LogP contribution in [-0.4, -0.2) is 47.7 Å². The van der Waals surface area contributed by atoms with E-state index in [1.54, 1.807) is 30.6 Å². The van der Waals surface area contributed by atoms with Crippen LogP contribution < -0.4 is 26.8 Å². The van der Waals surface area contributed by atoms with Gasteiger partial charge >= 0.3 is 0 Å². The first-order valence-corrected chi connectivity index (χ1v) is 12.5. The number of ether oxygens (including phenoxy) is 1. The lowest BCUT2D eigenvalue weighted by Gasteiger charge is -2.29. The van der Waals surface area contributed by atoms with Crippen LogP contribution in [-0.2, 0) is 4.74 Å². The highest BCUT2D eigenvalue weighted by molar-refractivity contribution is 5.95. The van der Waals surface area contributed by atoms with Gasteiger partial charge in [-0.2, -0.15) is 0 Å². The van der Waals surface area contributed by atoms with Gasteiger partial charge < -0.3 is 31.0 Å². The number of rotatable bonds is 7. The zero-order valence-corrected chi connectivity index (χ0v) is 22.0. The Labute approximate surface area is 222 Å². The van der Waals surface area contributed by atoms with Gasteiger partial charge in [0.1, 0.15) is 0 Å². The molecule has 38 heavy (non-hydrogen) atoms. The van der Waals surface area contributed by atoms with Crippen LogP contribution in [0.5, 0.6) is 0 Å². The van der Waals surface area contributed by atoms with Gasteiger partial charge in [-0.1, -0.05) is 6.58 Å². The SMILES string of the molecule is C=C(Nc1ccc(N2CCOCC2)cc1)c1c(/C=C(\N)c2cncc(C(=O)NC(C)(C)C)c2)cc[nH]c1=O. The molecule has 3 aromatic rings. The van der Waals surface area contributed by atoms with E-state index >= 15 is 0 Å². The van der Waals surface area contributed by atoms with Gasteiger partial charge in [0.15, 0.2) is 0 Å². The zero-order chi connectivity index (χ0) is 27.3. The van der Waals surface area contributed by atoms with E-state index in [9.17, 15) is 9.59 Å². The van der Waals surface area contributed by atoms with E-state index in [4.69, 9.17) is 10.5 Å². The van der Waals surface area contributed by atoms with Gasteiger partial charge in [-0.15, -0.1) is 0 Å². The van der Waals surface area contributed by atoms with Crippen LogP contribution in [0.4, 0.5) is 11.4 Å². The van der Waals surface area contributed by atoms with Crippen molar-refractivity contribution in [1.29, 1.82) is 0 Å². The Balaban J connectivity index is 1.55. The minimum Gasteiger partial charge on any atom is -0.398 e. The number of anilines is 2. The van der Waals surface area contributed by atoms with Crippen molar-refractivity contribution in [3.8, 4) is 0 Å². The molecule has 9 nitrogen and oxygen atoms in total. The number of morpholine rings is 1. The lowest BCUT2D eigenvalue weighted by atomic mass is 10.0. The van der Waals surface area contributed by atoms with Crippen LogP contribution in [0.3, 0.4) is 0 Å². The van der Waals surface area contributed by atoms with Gasteiger partial charge in [0.05, 0.1) is 24.3 Å². The largest absolute Gasteiger partial charge is 0.398 e. The monoisotopic (exact) mass is 514 g/mol. The number of hydrogen-bond donors (Lipinski definition) is 4. The van der Waals surface area contributed by atoms with Crippen molar-refractivity contribution in [3.63, 3.8) is 0 Å².